The Kier molecular flexibility index (Phi) is 4.39. The zero-order valence-corrected chi connectivity index (χ0v) is 9.36. The molecule has 0 spiro atoms. The predicted molar refractivity (Wildman–Crippen MR) is 60.6 cm³/mol. The van der Waals surface area contributed by atoms with E-state index in [0.717, 1.165) is 0 Å². The van der Waals surface area contributed by atoms with Crippen molar-refractivity contribution < 1.29 is 19.0 Å². The molecule has 0 N–H and O–H groups in total. The summed E-state index contributed by atoms with van der Waals surface area (Å²) in [6.45, 7) is 3.92. The molecule has 4 heteroatoms. The van der Waals surface area contributed by atoms with Crippen LogP contribution < -0.4 is 14.2 Å². The van der Waals surface area contributed by atoms with E-state index in [0.29, 0.717) is 35.7 Å². The van der Waals surface area contributed by atoms with Crippen molar-refractivity contribution in [2.45, 2.75) is 0 Å². The standard InChI is InChI=1S/C12H14O4/c1-4-7-16-10-6-5-9(8-13)11(14-2)12(10)15-3/h4-6,8H,1,7H2,2-3H3. The molecule has 86 valence electrons. The Balaban J connectivity index is 3.19. The van der Waals surface area contributed by atoms with Gasteiger partial charge in [-0.3, -0.25) is 4.79 Å². The van der Waals surface area contributed by atoms with Gasteiger partial charge in [-0.25, -0.2) is 0 Å². The van der Waals surface area contributed by atoms with E-state index in [2.05, 4.69) is 6.58 Å². The second-order valence-electron chi connectivity index (χ2n) is 2.94. The molecule has 0 aliphatic rings. The maximum atomic E-state index is 10.8. The number of aldehydes is 1. The monoisotopic (exact) mass is 222 g/mol. The molecule has 0 aliphatic heterocycles. The van der Waals surface area contributed by atoms with Gasteiger partial charge in [0, 0.05) is 0 Å². The van der Waals surface area contributed by atoms with Gasteiger partial charge >= 0.3 is 0 Å². The second kappa shape index (κ2) is 5.80. The topological polar surface area (TPSA) is 44.8 Å². The molecule has 16 heavy (non-hydrogen) atoms. The fourth-order valence-electron chi connectivity index (χ4n) is 1.32. The van der Waals surface area contributed by atoms with Gasteiger partial charge in [0.05, 0.1) is 19.8 Å². The Hall–Kier alpha value is -1.97. The van der Waals surface area contributed by atoms with Crippen molar-refractivity contribution in [2.75, 3.05) is 20.8 Å². The highest BCUT2D eigenvalue weighted by molar-refractivity contribution is 5.82. The molecule has 0 heterocycles. The summed E-state index contributed by atoms with van der Waals surface area (Å²) in [5.74, 6) is 1.30. The van der Waals surface area contributed by atoms with Crippen molar-refractivity contribution in [1.82, 2.24) is 0 Å². The molecular formula is C12H14O4. The Morgan fingerprint density at radius 1 is 1.25 bits per heavy atom. The molecule has 0 aromatic heterocycles. The number of carbonyl (C=O) groups is 1. The molecule has 0 unspecified atom stereocenters. The summed E-state index contributed by atoms with van der Waals surface area (Å²) in [5.41, 5.74) is 0.422. The molecule has 0 saturated carbocycles. The van der Waals surface area contributed by atoms with Crippen LogP contribution in [0, 0.1) is 0 Å². The van der Waals surface area contributed by atoms with Crippen LogP contribution in [0.2, 0.25) is 0 Å². The summed E-state index contributed by atoms with van der Waals surface area (Å²) in [6, 6.07) is 3.28. The summed E-state index contributed by atoms with van der Waals surface area (Å²) in [5, 5.41) is 0. The summed E-state index contributed by atoms with van der Waals surface area (Å²) in [4.78, 5) is 10.8. The summed E-state index contributed by atoms with van der Waals surface area (Å²) < 4.78 is 15.7. The number of methoxy groups -OCH3 is 2. The number of hydrogen-bond donors (Lipinski definition) is 0. The van der Waals surface area contributed by atoms with Gasteiger partial charge in [0.1, 0.15) is 6.61 Å². The molecule has 0 saturated heterocycles. The molecule has 1 aromatic rings. The van der Waals surface area contributed by atoms with Crippen molar-refractivity contribution in [3.05, 3.63) is 30.4 Å². The first-order valence-corrected chi connectivity index (χ1v) is 4.72. The van der Waals surface area contributed by atoms with Crippen molar-refractivity contribution in [3.8, 4) is 17.2 Å². The van der Waals surface area contributed by atoms with E-state index in [-0.39, 0.29) is 0 Å². The van der Waals surface area contributed by atoms with Gasteiger partial charge in [0.15, 0.2) is 17.8 Å². The average Bonchev–Trinajstić information content (AvgIpc) is 2.34. The molecular weight excluding hydrogens is 208 g/mol. The molecule has 0 amide bonds. The minimum absolute atomic E-state index is 0.361. The predicted octanol–water partition coefficient (Wildman–Crippen LogP) is 2.08. The Morgan fingerprint density at radius 3 is 2.44 bits per heavy atom. The van der Waals surface area contributed by atoms with E-state index in [9.17, 15) is 4.79 Å². The summed E-state index contributed by atoms with van der Waals surface area (Å²) in [6.07, 6.45) is 2.33. The zero-order valence-electron chi connectivity index (χ0n) is 9.36. The highest BCUT2D eigenvalue weighted by Crippen LogP contribution is 2.39. The smallest absolute Gasteiger partial charge is 0.204 e. The van der Waals surface area contributed by atoms with Crippen LogP contribution in [0.25, 0.3) is 0 Å². The third kappa shape index (κ3) is 2.34. The second-order valence-corrected chi connectivity index (χ2v) is 2.94. The number of hydrogen-bond acceptors (Lipinski definition) is 4. The lowest BCUT2D eigenvalue weighted by atomic mass is 10.2. The highest BCUT2D eigenvalue weighted by atomic mass is 16.5. The van der Waals surface area contributed by atoms with Crippen molar-refractivity contribution in [1.29, 1.82) is 0 Å². The number of rotatable bonds is 6. The molecule has 0 fully saturated rings. The van der Waals surface area contributed by atoms with Gasteiger partial charge in [-0.2, -0.15) is 0 Å². The normalized spacial score (nSPS) is 9.38. The molecule has 4 nitrogen and oxygen atoms in total. The van der Waals surface area contributed by atoms with E-state index in [1.54, 1.807) is 18.2 Å². The van der Waals surface area contributed by atoms with Crippen LogP contribution in [-0.2, 0) is 0 Å². The van der Waals surface area contributed by atoms with Gasteiger partial charge in [-0.1, -0.05) is 12.7 Å². The minimum Gasteiger partial charge on any atom is -0.492 e. The van der Waals surface area contributed by atoms with Gasteiger partial charge in [-0.05, 0) is 12.1 Å². The molecule has 0 aliphatic carbocycles. The van der Waals surface area contributed by atoms with Gasteiger partial charge < -0.3 is 14.2 Å². The number of carbonyl (C=O) groups excluding carboxylic acids is 1. The average molecular weight is 222 g/mol. The molecule has 1 rings (SSSR count). The van der Waals surface area contributed by atoms with Gasteiger partial charge in [0.25, 0.3) is 0 Å². The van der Waals surface area contributed by atoms with Crippen LogP contribution in [0.3, 0.4) is 0 Å². The Bertz CT molecular complexity index is 385. The Labute approximate surface area is 94.4 Å². The zero-order chi connectivity index (χ0) is 12.0. The van der Waals surface area contributed by atoms with E-state index in [1.165, 1.54) is 14.2 Å². The van der Waals surface area contributed by atoms with Crippen LogP contribution in [0.4, 0.5) is 0 Å². The van der Waals surface area contributed by atoms with Crippen LogP contribution in [0.5, 0.6) is 17.2 Å². The SMILES string of the molecule is C=CCOc1ccc(C=O)c(OC)c1OC. The van der Waals surface area contributed by atoms with Crippen LogP contribution in [0.1, 0.15) is 10.4 Å². The van der Waals surface area contributed by atoms with Crippen LogP contribution in [-0.4, -0.2) is 27.1 Å². The third-order valence-corrected chi connectivity index (χ3v) is 2.00. The quantitative estimate of drug-likeness (QED) is 0.546. The van der Waals surface area contributed by atoms with E-state index < -0.39 is 0 Å². The lowest BCUT2D eigenvalue weighted by Crippen LogP contribution is -2.00. The molecule has 0 bridgehead atoms. The fraction of sp³-hybridized carbons (Fsp3) is 0.250. The molecule has 0 radical (unpaired) electrons. The minimum atomic E-state index is 0.361. The van der Waals surface area contributed by atoms with Crippen LogP contribution in [0.15, 0.2) is 24.8 Å². The highest BCUT2D eigenvalue weighted by Gasteiger charge is 2.15. The van der Waals surface area contributed by atoms with Crippen molar-refractivity contribution in [3.63, 3.8) is 0 Å². The first-order valence-electron chi connectivity index (χ1n) is 4.72. The Morgan fingerprint density at radius 2 is 1.94 bits per heavy atom. The number of benzene rings is 1. The fourth-order valence-corrected chi connectivity index (χ4v) is 1.32. The largest absolute Gasteiger partial charge is 0.492 e. The van der Waals surface area contributed by atoms with Crippen molar-refractivity contribution in [2.24, 2.45) is 0 Å². The number of ether oxygens (including phenoxy) is 3. The van der Waals surface area contributed by atoms with E-state index in [4.69, 9.17) is 14.2 Å². The van der Waals surface area contributed by atoms with Crippen LogP contribution >= 0.6 is 0 Å². The molecule has 0 atom stereocenters. The summed E-state index contributed by atoms with van der Waals surface area (Å²) in [7, 11) is 2.97. The lowest BCUT2D eigenvalue weighted by molar-refractivity contribution is 0.112. The lowest BCUT2D eigenvalue weighted by Gasteiger charge is -2.14. The van der Waals surface area contributed by atoms with E-state index >= 15 is 0 Å². The first-order chi connectivity index (χ1) is 7.78. The first kappa shape index (κ1) is 12.1. The maximum absolute atomic E-state index is 10.8. The maximum Gasteiger partial charge on any atom is 0.204 e. The van der Waals surface area contributed by atoms with E-state index in [1.807, 2.05) is 0 Å². The van der Waals surface area contributed by atoms with Gasteiger partial charge in [-0.15, -0.1) is 0 Å². The van der Waals surface area contributed by atoms with Gasteiger partial charge in [0.2, 0.25) is 5.75 Å². The third-order valence-electron chi connectivity index (χ3n) is 2.00. The molecule has 1 aromatic carbocycles. The van der Waals surface area contributed by atoms with Crippen molar-refractivity contribution >= 4 is 6.29 Å². The summed E-state index contributed by atoms with van der Waals surface area (Å²) >= 11 is 0.